The Morgan fingerprint density at radius 3 is 0.562 bits per heavy atom. The molecule has 0 saturated heterocycles. The van der Waals surface area contributed by atoms with Gasteiger partial charge in [-0.1, -0.05) is 0 Å². The van der Waals surface area contributed by atoms with Gasteiger partial charge in [-0.2, -0.15) is 8.42 Å². The van der Waals surface area contributed by atoms with Crippen LogP contribution in [0.25, 0.3) is 0 Å². The molecule has 0 aliphatic rings. The Hall–Kier alpha value is 0.470. The van der Waals surface area contributed by atoms with Crippen LogP contribution < -0.4 is 29.6 Å². The van der Waals surface area contributed by atoms with Crippen LogP contribution in [0.1, 0.15) is 1.43 Å². The molecular weight excluding hydrogens is 279 g/mol. The van der Waals surface area contributed by atoms with E-state index in [4.69, 9.17) is 17.5 Å². The third kappa shape index (κ3) is 11900. The van der Waals surface area contributed by atoms with Gasteiger partial charge in [0.15, 0.2) is 0 Å². The molecular formula is H23NaO14S. The van der Waals surface area contributed by atoms with Crippen molar-refractivity contribution in [1.29, 1.82) is 0 Å². The molecule has 0 heterocycles. The zero-order valence-electron chi connectivity index (χ0n) is 9.12. The molecule has 0 aromatic rings. The molecule has 0 aromatic carbocycles. The van der Waals surface area contributed by atoms with Crippen LogP contribution in [-0.4, -0.2) is 72.3 Å². The zero-order chi connectivity index (χ0) is 4.50. The van der Waals surface area contributed by atoms with Crippen molar-refractivity contribution in [3.63, 3.8) is 0 Å². The molecule has 16 heteroatoms. The van der Waals surface area contributed by atoms with E-state index in [2.05, 4.69) is 0 Å². The maximum atomic E-state index is 8.74. The summed E-state index contributed by atoms with van der Waals surface area (Å²) >= 11 is 0. The first-order valence-electron chi connectivity index (χ1n) is 0.698. The summed E-state index contributed by atoms with van der Waals surface area (Å²) in [6.07, 6.45) is 0. The molecule has 0 amide bonds. The monoisotopic (exact) mass is 302 g/mol. The predicted octanol–water partition coefficient (Wildman–Crippen LogP) is -11.8. The molecule has 0 saturated carbocycles. The molecule has 22 N–H and O–H groups in total. The van der Waals surface area contributed by atoms with E-state index in [0.717, 1.165) is 0 Å². The summed E-state index contributed by atoms with van der Waals surface area (Å²) in [5.41, 5.74) is 0. The van der Waals surface area contributed by atoms with Crippen LogP contribution in [0.15, 0.2) is 0 Å². The van der Waals surface area contributed by atoms with Crippen LogP contribution in [0.5, 0.6) is 0 Å². The topological polar surface area (TPSA) is 390 Å². The van der Waals surface area contributed by atoms with E-state index in [1.54, 1.807) is 0 Å². The fraction of sp³-hybridized carbons (Fsp3) is 0. The second kappa shape index (κ2) is 77.4. The molecule has 0 aliphatic heterocycles. The summed E-state index contributed by atoms with van der Waals surface area (Å²) in [5.74, 6) is 0. The molecule has 0 aromatic heterocycles. The number of hydrogen-bond donors (Lipinski definition) is 2. The maximum Gasteiger partial charge on any atom is 1.00 e. The van der Waals surface area contributed by atoms with Crippen molar-refractivity contribution in [2.75, 3.05) is 0 Å². The Labute approximate surface area is 114 Å². The van der Waals surface area contributed by atoms with Crippen LogP contribution in [0.2, 0.25) is 0 Å². The van der Waals surface area contributed by atoms with Crippen molar-refractivity contribution in [2.45, 2.75) is 0 Å². The maximum absolute atomic E-state index is 8.74. The van der Waals surface area contributed by atoms with Gasteiger partial charge < -0.3 is 56.2 Å². The van der Waals surface area contributed by atoms with Gasteiger partial charge in [0.25, 0.3) is 0 Å². The first kappa shape index (κ1) is 197. The zero-order valence-corrected chi connectivity index (χ0v) is 10.9. The molecule has 16 heavy (non-hydrogen) atoms. The van der Waals surface area contributed by atoms with E-state index in [1.165, 1.54) is 0 Å². The van der Waals surface area contributed by atoms with Crippen molar-refractivity contribution >= 4 is 10.4 Å². The summed E-state index contributed by atoms with van der Waals surface area (Å²) in [5, 5.41) is 0. The van der Waals surface area contributed by atoms with E-state index in [-0.39, 0.29) is 85.7 Å². The number of rotatable bonds is 0. The van der Waals surface area contributed by atoms with E-state index < -0.39 is 10.4 Å². The van der Waals surface area contributed by atoms with Gasteiger partial charge in [-0.25, -0.2) is 0 Å². The Balaban J connectivity index is -0.00000000121. The van der Waals surface area contributed by atoms with Crippen molar-refractivity contribution < 1.29 is 103 Å². The van der Waals surface area contributed by atoms with E-state index >= 15 is 0 Å². The van der Waals surface area contributed by atoms with Gasteiger partial charge >= 0.3 is 40.0 Å². The predicted molar refractivity (Wildman–Crippen MR) is 51.4 cm³/mol. The fourth-order valence-electron chi connectivity index (χ4n) is 0. The van der Waals surface area contributed by atoms with Gasteiger partial charge in [0.1, 0.15) is 0 Å². The van der Waals surface area contributed by atoms with E-state index in [0.29, 0.717) is 0 Å². The Kier molecular flexibility index (Phi) is 954. The third-order valence-electron chi connectivity index (χ3n) is 0. The Morgan fingerprint density at radius 2 is 0.562 bits per heavy atom. The SMILES string of the molecule is O.O.O.O.O.O.O.O.O.O.O=S(=O)(O)O.[H-].[Na+]. The van der Waals surface area contributed by atoms with E-state index in [9.17, 15) is 0 Å². The molecule has 0 fully saturated rings. The van der Waals surface area contributed by atoms with Gasteiger partial charge in [-0.05, 0) is 0 Å². The molecule has 0 radical (unpaired) electrons. The van der Waals surface area contributed by atoms with Crippen molar-refractivity contribution in [2.24, 2.45) is 0 Å². The largest absolute Gasteiger partial charge is 1.00 e. The molecule has 14 nitrogen and oxygen atoms in total. The minimum absolute atomic E-state index is 0. The van der Waals surface area contributed by atoms with Gasteiger partial charge in [0.2, 0.25) is 0 Å². The van der Waals surface area contributed by atoms with Crippen LogP contribution >= 0.6 is 0 Å². The smallest absolute Gasteiger partial charge is 1.00 e. The summed E-state index contributed by atoms with van der Waals surface area (Å²) in [6.45, 7) is 0. The van der Waals surface area contributed by atoms with Crippen LogP contribution in [0.4, 0.5) is 0 Å². The van der Waals surface area contributed by atoms with E-state index in [1.807, 2.05) is 0 Å². The van der Waals surface area contributed by atoms with Gasteiger partial charge in [0.05, 0.1) is 0 Å². The second-order valence-corrected chi connectivity index (χ2v) is 1.34. The first-order valence-corrected chi connectivity index (χ1v) is 2.10. The van der Waals surface area contributed by atoms with Crippen LogP contribution in [0.3, 0.4) is 0 Å². The first-order chi connectivity index (χ1) is 2.00. The standard InChI is InChI=1S/Na.H2O4S.10H2O.H/c;1-5(2,3)4;;;;;;;;;;;/h;(H2,1,2,3,4);10*1H2;/q+1;;;;;;;;;;;;-1. The molecule has 0 spiro atoms. The molecule has 114 valence electrons. The summed E-state index contributed by atoms with van der Waals surface area (Å²) in [4.78, 5) is 0. The molecule has 0 atom stereocenters. The summed E-state index contributed by atoms with van der Waals surface area (Å²) in [6, 6.07) is 0. The van der Waals surface area contributed by atoms with Crippen molar-refractivity contribution in [1.82, 2.24) is 0 Å². The minimum atomic E-state index is -4.67. The average Bonchev–Trinajstić information content (AvgIpc) is 0.722. The quantitative estimate of drug-likeness (QED) is 0.324. The fourth-order valence-corrected chi connectivity index (χ4v) is 0. The average molecular weight is 302 g/mol. The summed E-state index contributed by atoms with van der Waals surface area (Å²) in [7, 11) is -4.67. The van der Waals surface area contributed by atoms with Crippen LogP contribution in [-0.2, 0) is 10.4 Å². The van der Waals surface area contributed by atoms with Crippen molar-refractivity contribution in [3.8, 4) is 0 Å². The molecule has 0 rings (SSSR count). The molecule has 0 unspecified atom stereocenters. The third-order valence-corrected chi connectivity index (χ3v) is 0. The van der Waals surface area contributed by atoms with Crippen molar-refractivity contribution in [3.05, 3.63) is 0 Å². The molecule has 0 bridgehead atoms. The number of hydrogen-bond acceptors (Lipinski definition) is 2. The Bertz CT molecular complexity index is 99.4. The van der Waals surface area contributed by atoms with Gasteiger partial charge in [0, 0.05) is 0 Å². The molecule has 0 aliphatic carbocycles. The van der Waals surface area contributed by atoms with Gasteiger partial charge in [-0.15, -0.1) is 0 Å². The van der Waals surface area contributed by atoms with Crippen LogP contribution in [0, 0.1) is 0 Å². The second-order valence-electron chi connectivity index (χ2n) is 0.448. The van der Waals surface area contributed by atoms with Gasteiger partial charge in [-0.3, -0.25) is 9.11 Å². The summed E-state index contributed by atoms with van der Waals surface area (Å²) < 4.78 is 31.6. The Morgan fingerprint density at radius 1 is 0.562 bits per heavy atom. The normalized spacial score (nSPS) is 3.62. The minimum Gasteiger partial charge on any atom is -1.00 e.